The summed E-state index contributed by atoms with van der Waals surface area (Å²) in [6.07, 6.45) is 6.51. The summed E-state index contributed by atoms with van der Waals surface area (Å²) in [5.74, 6) is -6.14. The first-order valence-electron chi connectivity index (χ1n) is 18.8. The average Bonchev–Trinajstić information content (AvgIpc) is 3.83. The van der Waals surface area contributed by atoms with E-state index in [-0.39, 0.29) is 48.6 Å². The third-order valence-corrected chi connectivity index (χ3v) is 14.0. The minimum absolute atomic E-state index is 0.00257. The number of rotatable bonds is 13. The topological polar surface area (TPSA) is 227 Å². The van der Waals surface area contributed by atoms with Crippen LogP contribution in [0.15, 0.2) is 35.4 Å². The Morgan fingerprint density at radius 1 is 1.05 bits per heavy atom. The van der Waals surface area contributed by atoms with Gasteiger partial charge in [-0.05, 0) is 74.8 Å². The number of aliphatic hydroxyl groups is 1. The highest BCUT2D eigenvalue weighted by molar-refractivity contribution is 7.99. The van der Waals surface area contributed by atoms with E-state index in [1.54, 1.807) is 25.6 Å². The zero-order valence-electron chi connectivity index (χ0n) is 31.3. The second-order valence-corrected chi connectivity index (χ2v) is 19.0. The second kappa shape index (κ2) is 16.1. The van der Waals surface area contributed by atoms with Crippen LogP contribution in [-0.2, 0) is 34.8 Å². The van der Waals surface area contributed by atoms with Crippen LogP contribution in [0.1, 0.15) is 93.7 Å². The lowest BCUT2D eigenvalue weighted by Crippen LogP contribution is -2.63. The monoisotopic (exact) mass is 822 g/mol. The Labute approximate surface area is 327 Å². The van der Waals surface area contributed by atoms with Crippen LogP contribution in [0.2, 0.25) is 0 Å². The van der Waals surface area contributed by atoms with Gasteiger partial charge in [-0.1, -0.05) is 37.3 Å². The Hall–Kier alpha value is -4.01. The van der Waals surface area contributed by atoms with E-state index in [1.807, 2.05) is 0 Å². The Kier molecular flexibility index (Phi) is 12.0. The number of nitrogens with two attached hydrogens (primary N) is 1. The minimum atomic E-state index is -4.21. The summed E-state index contributed by atoms with van der Waals surface area (Å²) < 4.78 is 54.7. The van der Waals surface area contributed by atoms with Gasteiger partial charge in [0.15, 0.2) is 0 Å². The van der Waals surface area contributed by atoms with Crippen molar-refractivity contribution in [1.29, 1.82) is 0 Å². The lowest BCUT2D eigenvalue weighted by molar-refractivity contribution is -0.145. The molecule has 6 rings (SSSR count). The van der Waals surface area contributed by atoms with Crippen LogP contribution in [0.25, 0.3) is 0 Å². The molecular formula is C36H48F2N8O8S2. The molecule has 0 bridgehead atoms. The number of aromatic nitrogens is 3. The number of likely N-dealkylation sites (tertiary alicyclic amines) is 1. The van der Waals surface area contributed by atoms with E-state index in [2.05, 4.69) is 20.9 Å². The number of hydrogen-bond acceptors (Lipinski definition) is 11. The van der Waals surface area contributed by atoms with Gasteiger partial charge in [0.2, 0.25) is 27.6 Å². The normalized spacial score (nSPS) is 23.5. The zero-order valence-corrected chi connectivity index (χ0v) is 32.9. The fourth-order valence-corrected chi connectivity index (χ4v) is 10.8. The number of primary amides is 1. The number of amides is 4. The quantitative estimate of drug-likeness (QED) is 0.212. The molecule has 2 aromatic rings. The fourth-order valence-electron chi connectivity index (χ4n) is 8.10. The van der Waals surface area contributed by atoms with Gasteiger partial charge < -0.3 is 26.4 Å². The molecule has 56 heavy (non-hydrogen) atoms. The molecule has 306 valence electrons. The fraction of sp³-hybridized carbons (Fsp3) is 0.639. The van der Waals surface area contributed by atoms with Crippen LogP contribution in [0.4, 0.5) is 8.78 Å². The molecule has 4 amide bonds. The molecule has 0 radical (unpaired) electrons. The molecule has 1 aromatic carbocycles. The van der Waals surface area contributed by atoms with E-state index < -0.39 is 87.7 Å². The predicted octanol–water partition coefficient (Wildman–Crippen LogP) is 1.49. The maximum absolute atomic E-state index is 14.8. The molecule has 5 N–H and O–H groups in total. The van der Waals surface area contributed by atoms with E-state index in [4.69, 9.17) is 5.73 Å². The van der Waals surface area contributed by atoms with Gasteiger partial charge in [0.05, 0.1) is 35.9 Å². The highest BCUT2D eigenvalue weighted by Crippen LogP contribution is 2.36. The second-order valence-electron chi connectivity index (χ2n) is 15.8. The summed E-state index contributed by atoms with van der Waals surface area (Å²) in [5.41, 5.74) is 2.84. The van der Waals surface area contributed by atoms with Crippen molar-refractivity contribution < 1.29 is 46.3 Å². The Morgan fingerprint density at radius 3 is 2.29 bits per heavy atom. The summed E-state index contributed by atoms with van der Waals surface area (Å²) in [5, 5.41) is 24.7. The molecule has 1 saturated carbocycles. The van der Waals surface area contributed by atoms with Crippen molar-refractivity contribution in [2.24, 2.45) is 11.7 Å². The van der Waals surface area contributed by atoms with Gasteiger partial charge in [-0.15, -0.1) is 5.10 Å². The number of alkyl halides is 2. The maximum atomic E-state index is 14.8. The van der Waals surface area contributed by atoms with Crippen LogP contribution in [0.5, 0.6) is 0 Å². The van der Waals surface area contributed by atoms with Gasteiger partial charge >= 0.3 is 0 Å². The summed E-state index contributed by atoms with van der Waals surface area (Å²) >= 11 is 1.56. The van der Waals surface area contributed by atoms with Crippen molar-refractivity contribution in [3.05, 3.63) is 41.7 Å². The molecule has 16 nitrogen and oxygen atoms in total. The van der Waals surface area contributed by atoms with E-state index in [9.17, 15) is 46.3 Å². The summed E-state index contributed by atoms with van der Waals surface area (Å²) in [4.78, 5) is 69.4. The third-order valence-electron chi connectivity index (χ3n) is 11.2. The first-order chi connectivity index (χ1) is 26.3. The van der Waals surface area contributed by atoms with Gasteiger partial charge in [0, 0.05) is 18.5 Å². The Morgan fingerprint density at radius 2 is 1.70 bits per heavy atom. The molecule has 20 heteroatoms. The number of sulfonamides is 1. The predicted molar refractivity (Wildman–Crippen MR) is 199 cm³/mol. The van der Waals surface area contributed by atoms with Crippen molar-refractivity contribution in [3.8, 4) is 0 Å². The first-order valence-corrected chi connectivity index (χ1v) is 21.4. The minimum Gasteiger partial charge on any atom is -0.384 e. The van der Waals surface area contributed by atoms with E-state index in [0.717, 1.165) is 44.2 Å². The van der Waals surface area contributed by atoms with E-state index in [1.165, 1.54) is 27.9 Å². The number of benzene rings is 1. The number of thioether (sulfide) groups is 1. The number of nitrogens with one attached hydrogen (secondary N) is 2. The van der Waals surface area contributed by atoms with Gasteiger partial charge in [-0.2, -0.15) is 16.1 Å². The lowest BCUT2D eigenvalue weighted by Gasteiger charge is -2.37. The number of hydrogen-bond donors (Lipinski definition) is 4. The number of carbonyl (C=O) groups is 5. The van der Waals surface area contributed by atoms with Crippen LogP contribution in [-0.4, -0.2) is 122 Å². The number of Topliss-reactive ketones (excluding diaryl/α,β-unsaturated/α-hetero) is 1. The third kappa shape index (κ3) is 8.77. The molecular weight excluding hydrogens is 775 g/mol. The molecule has 4 aliphatic rings. The largest absolute Gasteiger partial charge is 0.384 e. The van der Waals surface area contributed by atoms with Crippen molar-refractivity contribution in [1.82, 2.24) is 34.8 Å². The molecule has 1 aromatic heterocycles. The standard InChI is InChI=1S/C36H48F2N8O8S2/c1-34(2,52)28-18-40-43-46(28)24-17-27(32(50)42-35(29(47)30(39)48)12-14-55-15-13-35)45(19-24)33(51)26(16-22-6-4-3-5-7-22)41-31(49)23-8-10-25(11-9-23)56(53,54)44-20-36(37,38)21-44/h8-11,18,22,24,26-27,52H,3-7,12-17,19-21H2,1-2H3,(H2,39,48)(H,41,49)(H,42,50)/t24?,26-,27?/m1/s1. The molecule has 3 atom stereocenters. The van der Waals surface area contributed by atoms with Gasteiger partial charge in [0.1, 0.15) is 23.2 Å². The molecule has 3 aliphatic heterocycles. The Balaban J connectivity index is 1.29. The number of nitrogens with zero attached hydrogens (tertiary/aromatic N) is 5. The smallest absolute Gasteiger partial charge is 0.287 e. The molecule has 2 unspecified atom stereocenters. The highest BCUT2D eigenvalue weighted by atomic mass is 32.2. The van der Waals surface area contributed by atoms with Crippen LogP contribution in [0.3, 0.4) is 0 Å². The SMILES string of the molecule is CC(C)(O)c1cnnn1C1CC(C(=O)NC2(C(=O)C(N)=O)CCSCC2)N(C(=O)[C@@H](CC2CCCCC2)NC(=O)c2ccc(S(=O)(=O)N3CC(F)(F)C3)cc2)C1. The molecule has 4 heterocycles. The van der Waals surface area contributed by atoms with Crippen LogP contribution in [0, 0.1) is 5.92 Å². The number of halogens is 2. The van der Waals surface area contributed by atoms with E-state index >= 15 is 0 Å². The molecule has 4 fully saturated rings. The van der Waals surface area contributed by atoms with Gasteiger partial charge in [-0.25, -0.2) is 21.9 Å². The summed E-state index contributed by atoms with van der Waals surface area (Å²) in [6.45, 7) is 1.15. The maximum Gasteiger partial charge on any atom is 0.287 e. The number of ketones is 1. The van der Waals surface area contributed by atoms with Crippen molar-refractivity contribution in [2.75, 3.05) is 31.1 Å². The van der Waals surface area contributed by atoms with Crippen LogP contribution < -0.4 is 16.4 Å². The molecule has 1 aliphatic carbocycles. The van der Waals surface area contributed by atoms with Crippen molar-refractivity contribution >= 4 is 51.2 Å². The van der Waals surface area contributed by atoms with Crippen molar-refractivity contribution in [3.63, 3.8) is 0 Å². The summed E-state index contributed by atoms with van der Waals surface area (Å²) in [7, 11) is -4.21. The summed E-state index contributed by atoms with van der Waals surface area (Å²) in [6, 6.07) is 1.79. The Bertz CT molecular complexity index is 1940. The first kappa shape index (κ1) is 41.6. The lowest BCUT2D eigenvalue weighted by atomic mass is 9.84. The zero-order chi connectivity index (χ0) is 40.6. The van der Waals surface area contributed by atoms with Gasteiger partial charge in [-0.3, -0.25) is 24.0 Å². The average molecular weight is 823 g/mol. The van der Waals surface area contributed by atoms with Crippen molar-refractivity contribution in [2.45, 2.75) is 112 Å². The van der Waals surface area contributed by atoms with E-state index in [0.29, 0.717) is 21.5 Å². The molecule has 3 saturated heterocycles. The molecule has 0 spiro atoms. The van der Waals surface area contributed by atoms with Gasteiger partial charge in [0.25, 0.3) is 17.7 Å². The highest BCUT2D eigenvalue weighted by Gasteiger charge is 2.51. The van der Waals surface area contributed by atoms with Crippen LogP contribution >= 0.6 is 11.8 Å². The number of carbonyl (C=O) groups excluding carboxylic acids is 5.